The molecule has 1 aromatic rings. The van der Waals surface area contributed by atoms with E-state index in [2.05, 4.69) is 10.4 Å². The van der Waals surface area contributed by atoms with E-state index in [1.165, 1.54) is 12.8 Å². The van der Waals surface area contributed by atoms with E-state index in [4.69, 9.17) is 4.74 Å². The summed E-state index contributed by atoms with van der Waals surface area (Å²) in [7, 11) is 0. The molecular weight excluding hydrogens is 218 g/mol. The van der Waals surface area contributed by atoms with E-state index in [0.29, 0.717) is 18.2 Å². The lowest BCUT2D eigenvalue weighted by atomic mass is 10.1. The predicted octanol–water partition coefficient (Wildman–Crippen LogP) is 1.83. The molecule has 0 aromatic carbocycles. The van der Waals surface area contributed by atoms with E-state index in [1.54, 1.807) is 6.20 Å². The Hall–Kier alpha value is -1.52. The van der Waals surface area contributed by atoms with E-state index in [9.17, 15) is 4.79 Å². The number of carbonyl (C=O) groups is 1. The Morgan fingerprint density at radius 1 is 1.59 bits per heavy atom. The molecule has 3 rings (SSSR count). The predicted molar refractivity (Wildman–Crippen MR) is 63.1 cm³/mol. The number of esters is 1. The van der Waals surface area contributed by atoms with Crippen LogP contribution < -0.4 is 5.32 Å². The molecule has 2 heterocycles. The molecule has 0 spiro atoms. The Kier molecular flexibility index (Phi) is 2.53. The standard InChI is InChI=1S/C12H17N3O2/c1-2-17-12(16)9-7-14-15-10(8-3-4-8)5-6-13-11(9)15/h7-8,10,13H,2-6H2,1H3. The Bertz CT molecular complexity index is 437. The minimum Gasteiger partial charge on any atom is -0.462 e. The maximum atomic E-state index is 11.8. The summed E-state index contributed by atoms with van der Waals surface area (Å²) in [5.41, 5.74) is 0.567. The second-order valence-electron chi connectivity index (χ2n) is 4.69. The monoisotopic (exact) mass is 235 g/mol. The number of aromatic nitrogens is 2. The number of ether oxygens (including phenoxy) is 1. The molecule has 17 heavy (non-hydrogen) atoms. The number of nitrogens with one attached hydrogen (secondary N) is 1. The largest absolute Gasteiger partial charge is 0.462 e. The van der Waals surface area contributed by atoms with Crippen LogP contribution in [0.5, 0.6) is 0 Å². The fourth-order valence-corrected chi connectivity index (χ4v) is 2.53. The van der Waals surface area contributed by atoms with E-state index in [1.807, 2.05) is 11.6 Å². The Labute approximate surface area is 100 Å². The van der Waals surface area contributed by atoms with E-state index >= 15 is 0 Å². The van der Waals surface area contributed by atoms with Gasteiger partial charge in [-0.05, 0) is 32.1 Å². The molecule has 5 nitrogen and oxygen atoms in total. The highest BCUT2D eigenvalue weighted by molar-refractivity contribution is 5.94. The molecule has 0 bridgehead atoms. The van der Waals surface area contributed by atoms with Crippen molar-refractivity contribution in [2.24, 2.45) is 5.92 Å². The lowest BCUT2D eigenvalue weighted by Crippen LogP contribution is -2.26. The van der Waals surface area contributed by atoms with Gasteiger partial charge in [-0.3, -0.25) is 0 Å². The van der Waals surface area contributed by atoms with Gasteiger partial charge < -0.3 is 10.1 Å². The zero-order valence-electron chi connectivity index (χ0n) is 9.98. The van der Waals surface area contributed by atoms with Crippen molar-refractivity contribution in [2.45, 2.75) is 32.2 Å². The number of rotatable bonds is 3. The van der Waals surface area contributed by atoms with Crippen LogP contribution >= 0.6 is 0 Å². The molecule has 1 saturated carbocycles. The SMILES string of the molecule is CCOC(=O)c1cnn2c1NCCC2C1CC1. The maximum Gasteiger partial charge on any atom is 0.343 e. The van der Waals surface area contributed by atoms with Gasteiger partial charge in [0, 0.05) is 6.54 Å². The van der Waals surface area contributed by atoms with Crippen LogP contribution in [-0.4, -0.2) is 28.9 Å². The second kappa shape index (κ2) is 4.05. The van der Waals surface area contributed by atoms with E-state index < -0.39 is 0 Å². The third-order valence-corrected chi connectivity index (χ3v) is 3.50. The van der Waals surface area contributed by atoms with Gasteiger partial charge in [0.15, 0.2) is 0 Å². The molecule has 2 aliphatic rings. The molecule has 1 aliphatic heterocycles. The highest BCUT2D eigenvalue weighted by Crippen LogP contribution is 2.44. The number of nitrogens with zero attached hydrogens (tertiary/aromatic N) is 2. The average molecular weight is 235 g/mol. The summed E-state index contributed by atoms with van der Waals surface area (Å²) in [6.07, 6.45) is 5.31. The lowest BCUT2D eigenvalue weighted by Gasteiger charge is -2.26. The smallest absolute Gasteiger partial charge is 0.343 e. The molecule has 0 radical (unpaired) electrons. The van der Waals surface area contributed by atoms with Crippen molar-refractivity contribution < 1.29 is 9.53 Å². The van der Waals surface area contributed by atoms with Gasteiger partial charge in [-0.25, -0.2) is 9.48 Å². The molecular formula is C12H17N3O2. The molecule has 1 aromatic heterocycles. The molecule has 1 fully saturated rings. The highest BCUT2D eigenvalue weighted by atomic mass is 16.5. The third-order valence-electron chi connectivity index (χ3n) is 3.50. The van der Waals surface area contributed by atoms with Gasteiger partial charge in [-0.1, -0.05) is 0 Å². The molecule has 1 aliphatic carbocycles. The van der Waals surface area contributed by atoms with E-state index in [0.717, 1.165) is 24.7 Å². The van der Waals surface area contributed by atoms with Crippen LogP contribution in [0.3, 0.4) is 0 Å². The zero-order valence-corrected chi connectivity index (χ0v) is 9.98. The first-order valence-corrected chi connectivity index (χ1v) is 6.29. The average Bonchev–Trinajstić information content (AvgIpc) is 3.07. The Morgan fingerprint density at radius 3 is 3.12 bits per heavy atom. The van der Waals surface area contributed by atoms with Crippen molar-refractivity contribution in [3.8, 4) is 0 Å². The van der Waals surface area contributed by atoms with Crippen LogP contribution in [0.1, 0.15) is 42.6 Å². The summed E-state index contributed by atoms with van der Waals surface area (Å²) in [5.74, 6) is 1.31. The number of fused-ring (bicyclic) bond motifs is 1. The topological polar surface area (TPSA) is 56.1 Å². The molecule has 0 amide bonds. The number of hydrogen-bond acceptors (Lipinski definition) is 4. The van der Waals surface area contributed by atoms with Crippen molar-refractivity contribution in [3.63, 3.8) is 0 Å². The van der Waals surface area contributed by atoms with Crippen molar-refractivity contribution in [1.82, 2.24) is 9.78 Å². The van der Waals surface area contributed by atoms with Crippen molar-refractivity contribution in [2.75, 3.05) is 18.5 Å². The Balaban J connectivity index is 1.90. The summed E-state index contributed by atoms with van der Waals surface area (Å²) in [4.78, 5) is 11.8. The van der Waals surface area contributed by atoms with Crippen molar-refractivity contribution in [1.29, 1.82) is 0 Å². The van der Waals surface area contributed by atoms with Crippen LogP contribution in [0, 0.1) is 5.92 Å². The van der Waals surface area contributed by atoms with Crippen LogP contribution in [0.2, 0.25) is 0 Å². The van der Waals surface area contributed by atoms with Gasteiger partial charge in [0.25, 0.3) is 0 Å². The van der Waals surface area contributed by atoms with Crippen LogP contribution in [0.15, 0.2) is 6.20 Å². The first kappa shape index (κ1) is 10.6. The summed E-state index contributed by atoms with van der Waals surface area (Å²) in [6, 6.07) is 0.467. The normalized spacial score (nSPS) is 22.8. The van der Waals surface area contributed by atoms with Crippen molar-refractivity contribution >= 4 is 11.8 Å². The molecule has 1 N–H and O–H groups in total. The van der Waals surface area contributed by atoms with Gasteiger partial charge in [-0.15, -0.1) is 0 Å². The quantitative estimate of drug-likeness (QED) is 0.812. The van der Waals surface area contributed by atoms with Gasteiger partial charge in [0.05, 0.1) is 18.8 Å². The summed E-state index contributed by atoms with van der Waals surface area (Å²) in [5, 5.41) is 7.62. The molecule has 92 valence electrons. The third kappa shape index (κ3) is 1.79. The molecule has 1 unspecified atom stereocenters. The van der Waals surface area contributed by atoms with Gasteiger partial charge in [0.2, 0.25) is 0 Å². The maximum absolute atomic E-state index is 11.8. The number of carbonyl (C=O) groups excluding carboxylic acids is 1. The van der Waals surface area contributed by atoms with E-state index in [-0.39, 0.29) is 5.97 Å². The molecule has 1 atom stereocenters. The van der Waals surface area contributed by atoms with Crippen LogP contribution in [0.4, 0.5) is 5.82 Å². The molecule has 5 heteroatoms. The fraction of sp³-hybridized carbons (Fsp3) is 0.667. The minimum absolute atomic E-state index is 0.280. The fourth-order valence-electron chi connectivity index (χ4n) is 2.53. The number of anilines is 1. The van der Waals surface area contributed by atoms with Crippen LogP contribution in [0.25, 0.3) is 0 Å². The lowest BCUT2D eigenvalue weighted by molar-refractivity contribution is 0.0527. The van der Waals surface area contributed by atoms with Crippen LogP contribution in [-0.2, 0) is 4.74 Å². The zero-order chi connectivity index (χ0) is 11.8. The second-order valence-corrected chi connectivity index (χ2v) is 4.69. The van der Waals surface area contributed by atoms with Crippen molar-refractivity contribution in [3.05, 3.63) is 11.8 Å². The first-order valence-electron chi connectivity index (χ1n) is 6.29. The first-order chi connectivity index (χ1) is 8.31. The summed E-state index contributed by atoms with van der Waals surface area (Å²) < 4.78 is 7.01. The van der Waals surface area contributed by atoms with Gasteiger partial charge in [0.1, 0.15) is 11.4 Å². The molecule has 0 saturated heterocycles. The summed E-state index contributed by atoms with van der Waals surface area (Å²) >= 11 is 0. The Morgan fingerprint density at radius 2 is 2.41 bits per heavy atom. The minimum atomic E-state index is -0.280. The van der Waals surface area contributed by atoms with Gasteiger partial charge >= 0.3 is 5.97 Å². The summed E-state index contributed by atoms with van der Waals surface area (Å²) in [6.45, 7) is 3.13. The number of hydrogen-bond donors (Lipinski definition) is 1. The highest BCUT2D eigenvalue weighted by Gasteiger charge is 2.37. The van der Waals surface area contributed by atoms with Gasteiger partial charge in [-0.2, -0.15) is 5.10 Å².